The van der Waals surface area contributed by atoms with Gasteiger partial charge in [-0.05, 0) is 22.0 Å². The number of ether oxygens (including phenoxy) is 1. The van der Waals surface area contributed by atoms with Gasteiger partial charge in [0.2, 0.25) is 0 Å². The Balaban J connectivity index is 2.16. The highest BCUT2D eigenvalue weighted by molar-refractivity contribution is 9.10. The Bertz CT molecular complexity index is 378. The second-order valence-corrected chi connectivity index (χ2v) is 4.50. The average molecular weight is 291 g/mol. The van der Waals surface area contributed by atoms with Gasteiger partial charge in [-0.2, -0.15) is 0 Å². The van der Waals surface area contributed by atoms with Crippen LogP contribution in [0.5, 0.6) is 0 Å². The number of anilines is 1. The zero-order chi connectivity index (χ0) is 11.5. The molecule has 2 heterocycles. The van der Waals surface area contributed by atoms with Crippen LogP contribution in [0, 0.1) is 5.82 Å². The Labute approximate surface area is 101 Å². The van der Waals surface area contributed by atoms with Gasteiger partial charge in [0.15, 0.2) is 11.6 Å². The van der Waals surface area contributed by atoms with Crippen molar-refractivity contribution in [3.8, 4) is 0 Å². The molecule has 1 N–H and O–H groups in total. The summed E-state index contributed by atoms with van der Waals surface area (Å²) in [6.45, 7) is 1.46. The monoisotopic (exact) mass is 290 g/mol. The first-order chi connectivity index (χ1) is 7.70. The molecule has 1 aliphatic rings. The van der Waals surface area contributed by atoms with Crippen molar-refractivity contribution >= 4 is 21.7 Å². The molecule has 1 aromatic rings. The third-order valence-corrected chi connectivity index (χ3v) is 2.86. The molecular formula is C10H12BrFN2O2. The molecule has 2 rings (SSSR count). The Morgan fingerprint density at radius 1 is 1.69 bits per heavy atom. The van der Waals surface area contributed by atoms with E-state index in [9.17, 15) is 4.39 Å². The molecular weight excluding hydrogens is 279 g/mol. The predicted molar refractivity (Wildman–Crippen MR) is 60.9 cm³/mol. The first-order valence-electron chi connectivity index (χ1n) is 4.99. The van der Waals surface area contributed by atoms with Crippen LogP contribution >= 0.6 is 15.9 Å². The zero-order valence-corrected chi connectivity index (χ0v) is 10.2. The van der Waals surface area contributed by atoms with Crippen molar-refractivity contribution in [1.82, 2.24) is 4.98 Å². The number of aromatic nitrogens is 1. The van der Waals surface area contributed by atoms with Crippen LogP contribution in [0.3, 0.4) is 0 Å². The van der Waals surface area contributed by atoms with Crippen molar-refractivity contribution in [3.05, 3.63) is 22.6 Å². The second-order valence-electron chi connectivity index (χ2n) is 3.58. The minimum absolute atomic E-state index is 0.0609. The molecule has 0 aliphatic carbocycles. The molecule has 1 saturated heterocycles. The highest BCUT2D eigenvalue weighted by Gasteiger charge is 2.22. The van der Waals surface area contributed by atoms with Gasteiger partial charge in [0.25, 0.3) is 0 Å². The van der Waals surface area contributed by atoms with Gasteiger partial charge in [0, 0.05) is 23.8 Å². The van der Waals surface area contributed by atoms with Crippen LogP contribution < -0.4 is 4.90 Å². The zero-order valence-electron chi connectivity index (χ0n) is 8.57. The molecule has 1 fully saturated rings. The highest BCUT2D eigenvalue weighted by Crippen LogP contribution is 2.21. The summed E-state index contributed by atoms with van der Waals surface area (Å²) in [5.74, 6) is -0.0575. The quantitative estimate of drug-likeness (QED) is 0.889. The Hall–Kier alpha value is -0.720. The number of nitrogens with zero attached hydrogens (tertiary/aromatic N) is 2. The fourth-order valence-corrected chi connectivity index (χ4v) is 1.97. The lowest BCUT2D eigenvalue weighted by Gasteiger charge is -2.32. The SMILES string of the molecule is OCC1CN(c2ncc(Br)cc2F)CCO1. The van der Waals surface area contributed by atoms with E-state index in [1.54, 1.807) is 11.1 Å². The third kappa shape index (κ3) is 2.50. The van der Waals surface area contributed by atoms with E-state index < -0.39 is 0 Å². The molecule has 1 aliphatic heterocycles. The minimum atomic E-state index is -0.368. The normalized spacial score (nSPS) is 21.2. The third-order valence-electron chi connectivity index (χ3n) is 2.43. The number of hydrogen-bond acceptors (Lipinski definition) is 4. The number of pyridine rings is 1. The summed E-state index contributed by atoms with van der Waals surface area (Å²) in [5.41, 5.74) is 0. The molecule has 6 heteroatoms. The number of halogens is 2. The molecule has 88 valence electrons. The van der Waals surface area contributed by atoms with Gasteiger partial charge in [0.1, 0.15) is 0 Å². The molecule has 0 spiro atoms. The van der Waals surface area contributed by atoms with E-state index in [0.29, 0.717) is 30.0 Å². The van der Waals surface area contributed by atoms with E-state index in [4.69, 9.17) is 9.84 Å². The van der Waals surface area contributed by atoms with Gasteiger partial charge in [-0.15, -0.1) is 0 Å². The number of aliphatic hydroxyl groups is 1. The van der Waals surface area contributed by atoms with E-state index in [2.05, 4.69) is 20.9 Å². The minimum Gasteiger partial charge on any atom is -0.394 e. The lowest BCUT2D eigenvalue weighted by atomic mass is 10.2. The van der Waals surface area contributed by atoms with Gasteiger partial charge in [-0.1, -0.05) is 0 Å². The number of morpholine rings is 1. The smallest absolute Gasteiger partial charge is 0.166 e. The maximum Gasteiger partial charge on any atom is 0.166 e. The average Bonchev–Trinajstić information content (AvgIpc) is 2.29. The van der Waals surface area contributed by atoms with Crippen molar-refractivity contribution < 1.29 is 14.2 Å². The summed E-state index contributed by atoms with van der Waals surface area (Å²) in [6, 6.07) is 1.38. The van der Waals surface area contributed by atoms with E-state index >= 15 is 0 Å². The molecule has 1 atom stereocenters. The van der Waals surface area contributed by atoms with Crippen LogP contribution in [-0.2, 0) is 4.74 Å². The fraction of sp³-hybridized carbons (Fsp3) is 0.500. The van der Waals surface area contributed by atoms with Gasteiger partial charge in [0.05, 0.1) is 19.3 Å². The van der Waals surface area contributed by atoms with Crippen LogP contribution in [0.25, 0.3) is 0 Å². The van der Waals surface area contributed by atoms with E-state index in [1.807, 2.05) is 0 Å². The maximum absolute atomic E-state index is 13.6. The van der Waals surface area contributed by atoms with E-state index in [0.717, 1.165) is 0 Å². The van der Waals surface area contributed by atoms with Gasteiger partial charge < -0.3 is 14.7 Å². The molecule has 0 radical (unpaired) electrons. The van der Waals surface area contributed by atoms with Crippen LogP contribution in [0.15, 0.2) is 16.7 Å². The van der Waals surface area contributed by atoms with Crippen molar-refractivity contribution in [2.24, 2.45) is 0 Å². The molecule has 16 heavy (non-hydrogen) atoms. The Morgan fingerprint density at radius 2 is 2.50 bits per heavy atom. The summed E-state index contributed by atoms with van der Waals surface area (Å²) in [6.07, 6.45) is 1.29. The van der Waals surface area contributed by atoms with Gasteiger partial charge in [-0.3, -0.25) is 0 Å². The van der Waals surface area contributed by atoms with Crippen molar-refractivity contribution in [2.45, 2.75) is 6.10 Å². The summed E-state index contributed by atoms with van der Waals surface area (Å²) in [7, 11) is 0. The van der Waals surface area contributed by atoms with Crippen molar-refractivity contribution in [1.29, 1.82) is 0 Å². The van der Waals surface area contributed by atoms with Crippen LogP contribution in [0.1, 0.15) is 0 Å². The topological polar surface area (TPSA) is 45.6 Å². The molecule has 0 aromatic carbocycles. The molecule has 0 amide bonds. The van der Waals surface area contributed by atoms with Crippen molar-refractivity contribution in [2.75, 3.05) is 31.2 Å². The van der Waals surface area contributed by atoms with Crippen LogP contribution in [0.2, 0.25) is 0 Å². The first-order valence-corrected chi connectivity index (χ1v) is 5.78. The highest BCUT2D eigenvalue weighted by atomic mass is 79.9. The van der Waals surface area contributed by atoms with Gasteiger partial charge in [-0.25, -0.2) is 9.37 Å². The molecule has 1 aromatic heterocycles. The van der Waals surface area contributed by atoms with Crippen LogP contribution in [-0.4, -0.2) is 42.5 Å². The maximum atomic E-state index is 13.6. The molecule has 1 unspecified atom stereocenters. The fourth-order valence-electron chi connectivity index (χ4n) is 1.66. The predicted octanol–water partition coefficient (Wildman–Crippen LogP) is 1.18. The van der Waals surface area contributed by atoms with Crippen molar-refractivity contribution in [3.63, 3.8) is 0 Å². The first kappa shape index (κ1) is 11.8. The standard InChI is InChI=1S/C10H12BrFN2O2/c11-7-3-9(12)10(13-4-7)14-1-2-16-8(5-14)6-15/h3-4,8,15H,1-2,5-6H2. The lowest BCUT2D eigenvalue weighted by Crippen LogP contribution is -2.44. The number of hydrogen-bond donors (Lipinski definition) is 1. The van der Waals surface area contributed by atoms with E-state index in [1.165, 1.54) is 6.07 Å². The van der Waals surface area contributed by atoms with Crippen LogP contribution in [0.4, 0.5) is 10.2 Å². The number of aliphatic hydroxyl groups excluding tert-OH is 1. The number of rotatable bonds is 2. The molecule has 0 bridgehead atoms. The largest absolute Gasteiger partial charge is 0.394 e. The molecule has 0 saturated carbocycles. The molecule has 4 nitrogen and oxygen atoms in total. The Kier molecular flexibility index (Phi) is 3.73. The summed E-state index contributed by atoms with van der Waals surface area (Å²) in [4.78, 5) is 5.82. The summed E-state index contributed by atoms with van der Waals surface area (Å²) < 4.78 is 19.5. The lowest BCUT2D eigenvalue weighted by molar-refractivity contribution is 0.00318. The van der Waals surface area contributed by atoms with Gasteiger partial charge >= 0.3 is 0 Å². The summed E-state index contributed by atoms with van der Waals surface area (Å²) in [5, 5.41) is 9.00. The van der Waals surface area contributed by atoms with E-state index in [-0.39, 0.29) is 18.5 Å². The Morgan fingerprint density at radius 3 is 3.19 bits per heavy atom. The summed E-state index contributed by atoms with van der Waals surface area (Å²) >= 11 is 3.16. The second kappa shape index (κ2) is 5.07.